The van der Waals surface area contributed by atoms with Crippen molar-refractivity contribution in [2.75, 3.05) is 5.32 Å². The highest BCUT2D eigenvalue weighted by Crippen LogP contribution is 2.15. The fourth-order valence-electron chi connectivity index (χ4n) is 1.24. The van der Waals surface area contributed by atoms with Crippen molar-refractivity contribution in [3.63, 3.8) is 0 Å². The van der Waals surface area contributed by atoms with Crippen molar-refractivity contribution < 1.29 is 17.2 Å². The molecule has 0 saturated heterocycles. The Morgan fingerprint density at radius 2 is 1.53 bits per heavy atom. The molecule has 2 rings (SSSR count). The molecule has 1 heterocycles. The second-order valence-corrected chi connectivity index (χ2v) is 4.95. The Morgan fingerprint density at radius 3 is 2.00 bits per heavy atom. The van der Waals surface area contributed by atoms with E-state index >= 15 is 0 Å². The molecule has 0 amide bonds. The average molecular weight is 287 g/mol. The Balaban J connectivity index is 2.24. The summed E-state index contributed by atoms with van der Waals surface area (Å²) >= 11 is 0. The van der Waals surface area contributed by atoms with Gasteiger partial charge in [0.2, 0.25) is 16.0 Å². The molecule has 0 aliphatic carbocycles. The lowest BCUT2D eigenvalue weighted by molar-refractivity contribution is 0.458. The number of hydrogen-bond acceptors (Lipinski definition) is 6. The number of hydrogen-bond donors (Lipinski definition) is 2. The Morgan fingerprint density at radius 1 is 1.00 bits per heavy atom. The number of nitrogens with one attached hydrogen (secondary N) is 1. The highest BCUT2D eigenvalue weighted by molar-refractivity contribution is 7.89. The van der Waals surface area contributed by atoms with E-state index in [-0.39, 0.29) is 10.8 Å². The molecule has 0 radical (unpaired) electrons. The number of rotatable bonds is 3. The van der Waals surface area contributed by atoms with E-state index in [1.165, 1.54) is 24.3 Å². The van der Waals surface area contributed by atoms with Gasteiger partial charge in [-0.3, -0.25) is 0 Å². The van der Waals surface area contributed by atoms with Gasteiger partial charge in [0.1, 0.15) is 0 Å². The van der Waals surface area contributed by atoms with Crippen molar-refractivity contribution >= 4 is 21.7 Å². The van der Waals surface area contributed by atoms with Crippen molar-refractivity contribution in [2.24, 2.45) is 5.14 Å². The van der Waals surface area contributed by atoms with E-state index in [1.54, 1.807) is 0 Å². The number of benzene rings is 1. The molecule has 1 aromatic carbocycles. The molecule has 10 heteroatoms. The first-order valence-electron chi connectivity index (χ1n) is 4.81. The fourth-order valence-corrected chi connectivity index (χ4v) is 1.75. The molecule has 0 spiro atoms. The summed E-state index contributed by atoms with van der Waals surface area (Å²) in [5, 5.41) is 7.41. The normalized spacial score (nSPS) is 11.3. The zero-order chi connectivity index (χ0) is 14.0. The molecule has 0 aliphatic heterocycles. The monoisotopic (exact) mass is 287 g/mol. The lowest BCUT2D eigenvalue weighted by Crippen LogP contribution is -2.12. The number of anilines is 2. The standard InChI is InChI=1S/C9H7F2N5O2S/c10-7-14-8(11)16-9(15-7)13-5-1-3-6(4-2-5)19(12,17)18/h1-4H,(H2,12,17,18)(H,13,14,15,16). The summed E-state index contributed by atoms with van der Waals surface area (Å²) in [4.78, 5) is 9.07. The highest BCUT2D eigenvalue weighted by atomic mass is 32.2. The third kappa shape index (κ3) is 3.39. The Kier molecular flexibility index (Phi) is 3.36. The van der Waals surface area contributed by atoms with E-state index in [2.05, 4.69) is 20.3 Å². The van der Waals surface area contributed by atoms with E-state index < -0.39 is 22.2 Å². The summed E-state index contributed by atoms with van der Waals surface area (Å²) in [5.74, 6) is -0.339. The van der Waals surface area contributed by atoms with Crippen LogP contribution in [-0.4, -0.2) is 23.4 Å². The predicted octanol–water partition coefficient (Wildman–Crippen LogP) is 0.541. The number of sulfonamides is 1. The quantitative estimate of drug-likeness (QED) is 0.852. The van der Waals surface area contributed by atoms with Gasteiger partial charge in [0, 0.05) is 5.69 Å². The van der Waals surface area contributed by atoms with E-state index in [9.17, 15) is 17.2 Å². The molecule has 0 aliphatic rings. The summed E-state index contributed by atoms with van der Waals surface area (Å²) in [6.45, 7) is 0. The molecular weight excluding hydrogens is 280 g/mol. The lowest BCUT2D eigenvalue weighted by atomic mass is 10.3. The molecule has 0 saturated carbocycles. The summed E-state index contributed by atoms with van der Waals surface area (Å²) in [5.41, 5.74) is 0.331. The Bertz CT molecular complexity index is 685. The maximum Gasteiger partial charge on any atom is 0.315 e. The van der Waals surface area contributed by atoms with Crippen LogP contribution < -0.4 is 10.5 Å². The topological polar surface area (TPSA) is 111 Å². The van der Waals surface area contributed by atoms with E-state index in [0.717, 1.165) is 0 Å². The molecule has 0 fully saturated rings. The lowest BCUT2D eigenvalue weighted by Gasteiger charge is -2.05. The number of halogens is 2. The minimum absolute atomic E-state index is 0.0916. The predicted molar refractivity (Wildman–Crippen MR) is 60.8 cm³/mol. The van der Waals surface area contributed by atoms with Crippen LogP contribution in [0.1, 0.15) is 0 Å². The zero-order valence-electron chi connectivity index (χ0n) is 9.21. The fraction of sp³-hybridized carbons (Fsp3) is 0. The van der Waals surface area contributed by atoms with Gasteiger partial charge in [0.15, 0.2) is 0 Å². The summed E-state index contributed by atoms with van der Waals surface area (Å²) in [6, 6.07) is 5.15. The molecule has 100 valence electrons. The third-order valence-corrected chi connectivity index (χ3v) is 2.95. The van der Waals surface area contributed by atoms with Crippen LogP contribution in [-0.2, 0) is 10.0 Å². The maximum absolute atomic E-state index is 12.7. The second-order valence-electron chi connectivity index (χ2n) is 3.39. The zero-order valence-corrected chi connectivity index (χ0v) is 10.0. The molecule has 3 N–H and O–H groups in total. The van der Waals surface area contributed by atoms with Crippen LogP contribution in [0.4, 0.5) is 20.4 Å². The summed E-state index contributed by atoms with van der Waals surface area (Å²) in [7, 11) is -3.79. The van der Waals surface area contributed by atoms with E-state index in [0.29, 0.717) is 5.69 Å². The maximum atomic E-state index is 12.7. The van der Waals surface area contributed by atoms with Crippen molar-refractivity contribution in [3.8, 4) is 0 Å². The largest absolute Gasteiger partial charge is 0.324 e. The average Bonchev–Trinajstić information content (AvgIpc) is 2.26. The van der Waals surface area contributed by atoms with E-state index in [4.69, 9.17) is 5.14 Å². The van der Waals surface area contributed by atoms with Gasteiger partial charge in [-0.15, -0.1) is 0 Å². The third-order valence-electron chi connectivity index (χ3n) is 2.02. The van der Waals surface area contributed by atoms with Gasteiger partial charge >= 0.3 is 12.2 Å². The molecule has 0 bridgehead atoms. The smallest absolute Gasteiger partial charge is 0.315 e. The van der Waals surface area contributed by atoms with E-state index in [1.807, 2.05) is 0 Å². The first-order valence-corrected chi connectivity index (χ1v) is 6.36. The van der Waals surface area contributed by atoms with Gasteiger partial charge in [-0.1, -0.05) is 0 Å². The Labute approximate surface area is 106 Å². The molecule has 19 heavy (non-hydrogen) atoms. The Hall–Kier alpha value is -2.20. The highest BCUT2D eigenvalue weighted by Gasteiger charge is 2.08. The van der Waals surface area contributed by atoms with Crippen LogP contribution in [0.2, 0.25) is 0 Å². The van der Waals surface area contributed by atoms with Crippen LogP contribution in [0.3, 0.4) is 0 Å². The van der Waals surface area contributed by atoms with Gasteiger partial charge in [-0.05, 0) is 24.3 Å². The van der Waals surface area contributed by atoms with Gasteiger partial charge in [-0.2, -0.15) is 23.7 Å². The number of nitrogens with two attached hydrogens (primary N) is 1. The van der Waals surface area contributed by atoms with Gasteiger partial charge < -0.3 is 5.32 Å². The van der Waals surface area contributed by atoms with Crippen LogP contribution >= 0.6 is 0 Å². The van der Waals surface area contributed by atoms with Crippen LogP contribution in [0.15, 0.2) is 29.2 Å². The number of primary sulfonamides is 1. The molecule has 0 unspecified atom stereocenters. The minimum Gasteiger partial charge on any atom is -0.324 e. The van der Waals surface area contributed by atoms with Gasteiger partial charge in [-0.25, -0.2) is 13.6 Å². The minimum atomic E-state index is -3.79. The van der Waals surface area contributed by atoms with Crippen LogP contribution in [0.5, 0.6) is 0 Å². The van der Waals surface area contributed by atoms with Crippen molar-refractivity contribution in [2.45, 2.75) is 4.90 Å². The SMILES string of the molecule is NS(=O)(=O)c1ccc(Nc2nc(F)nc(F)n2)cc1. The van der Waals surface area contributed by atoms with Crippen molar-refractivity contribution in [1.29, 1.82) is 0 Å². The van der Waals surface area contributed by atoms with Gasteiger partial charge in [0.05, 0.1) is 4.90 Å². The number of nitrogens with zero attached hydrogens (tertiary/aromatic N) is 3. The first kappa shape index (κ1) is 13.2. The molecule has 1 aromatic heterocycles. The molecular formula is C9H7F2N5O2S. The summed E-state index contributed by atoms with van der Waals surface area (Å²) in [6.07, 6.45) is -2.53. The molecule has 7 nitrogen and oxygen atoms in total. The van der Waals surface area contributed by atoms with Gasteiger partial charge in [0.25, 0.3) is 0 Å². The van der Waals surface area contributed by atoms with Crippen LogP contribution in [0, 0.1) is 12.2 Å². The molecule has 2 aromatic rings. The molecule has 0 atom stereocenters. The summed E-state index contributed by atoms with van der Waals surface area (Å²) < 4.78 is 47.5. The van der Waals surface area contributed by atoms with Crippen molar-refractivity contribution in [1.82, 2.24) is 15.0 Å². The first-order chi connectivity index (χ1) is 8.84. The number of aromatic nitrogens is 3. The van der Waals surface area contributed by atoms with Crippen molar-refractivity contribution in [3.05, 3.63) is 36.4 Å². The second kappa shape index (κ2) is 4.82. The van der Waals surface area contributed by atoms with Crippen LogP contribution in [0.25, 0.3) is 0 Å².